The predicted molar refractivity (Wildman–Crippen MR) is 113 cm³/mol. The first-order chi connectivity index (χ1) is 15.2. The third kappa shape index (κ3) is 2.47. The molecule has 5 rings (SSSR count). The van der Waals surface area contributed by atoms with E-state index in [0.717, 1.165) is 0 Å². The number of phenols is 1. The predicted octanol–water partition coefficient (Wildman–Crippen LogP) is 2.67. The molecular weight excluding hydrogens is 414 g/mol. The molecule has 0 spiro atoms. The summed E-state index contributed by atoms with van der Waals surface area (Å²) in [7, 11) is 0. The van der Waals surface area contributed by atoms with E-state index in [0.29, 0.717) is 16.9 Å². The van der Waals surface area contributed by atoms with Gasteiger partial charge in [-0.15, -0.1) is 0 Å². The number of aliphatic hydroxyl groups is 3. The van der Waals surface area contributed by atoms with Crippen molar-refractivity contribution in [2.45, 2.75) is 24.9 Å². The van der Waals surface area contributed by atoms with Crippen LogP contribution in [0.5, 0.6) is 5.75 Å². The summed E-state index contributed by atoms with van der Waals surface area (Å²) in [6.45, 7) is 3.46. The van der Waals surface area contributed by atoms with Gasteiger partial charge in [-0.3, -0.25) is 9.59 Å². The number of benzene rings is 1. The number of carbonyl (C=O) groups excluding carboxylic acids is 2. The largest absolute Gasteiger partial charge is 0.508 e. The van der Waals surface area contributed by atoms with Gasteiger partial charge in [-0.1, -0.05) is 6.58 Å². The lowest BCUT2D eigenvalue weighted by Gasteiger charge is -2.46. The standard InChI is InChI=1S/C24H21NO7/c1-10(25)18-16(27)9-12-7-11-8-14-13(17-3-2-6-32-17)4-5-15(26)20(14)21(28)19(11)23(30)24(12,31)22(18)29/h2-6,11-12,26,28-29,31H,1,7-9,25H2/t11-,12+,24-/m1/s1. The summed E-state index contributed by atoms with van der Waals surface area (Å²) in [6, 6.07) is 6.53. The lowest BCUT2D eigenvalue weighted by molar-refractivity contribution is -0.147. The van der Waals surface area contributed by atoms with Crippen LogP contribution in [0.1, 0.15) is 24.0 Å². The lowest BCUT2D eigenvalue weighted by atomic mass is 9.59. The quantitative estimate of drug-likeness (QED) is 0.482. The Hall–Kier alpha value is -3.78. The zero-order chi connectivity index (χ0) is 22.9. The van der Waals surface area contributed by atoms with Gasteiger partial charge in [0, 0.05) is 29.2 Å². The van der Waals surface area contributed by atoms with Gasteiger partial charge in [-0.05, 0) is 48.6 Å². The van der Waals surface area contributed by atoms with Gasteiger partial charge in [-0.25, -0.2) is 0 Å². The van der Waals surface area contributed by atoms with Crippen LogP contribution >= 0.6 is 0 Å². The van der Waals surface area contributed by atoms with Gasteiger partial charge in [0.2, 0.25) is 5.78 Å². The van der Waals surface area contributed by atoms with Crippen molar-refractivity contribution in [3.63, 3.8) is 0 Å². The molecule has 3 atom stereocenters. The van der Waals surface area contributed by atoms with E-state index in [1.54, 1.807) is 18.2 Å². The Morgan fingerprint density at radius 3 is 2.56 bits per heavy atom. The first kappa shape index (κ1) is 20.1. The van der Waals surface area contributed by atoms with Crippen LogP contribution in [0.25, 0.3) is 17.1 Å². The minimum atomic E-state index is -2.41. The van der Waals surface area contributed by atoms with E-state index in [-0.39, 0.29) is 47.4 Å². The zero-order valence-electron chi connectivity index (χ0n) is 17.0. The number of hydrogen-bond donors (Lipinski definition) is 5. The molecule has 3 aliphatic rings. The summed E-state index contributed by atoms with van der Waals surface area (Å²) in [4.78, 5) is 26.0. The molecule has 0 unspecified atom stereocenters. The first-order valence-electron chi connectivity index (χ1n) is 10.2. The van der Waals surface area contributed by atoms with Gasteiger partial charge in [0.05, 0.1) is 17.4 Å². The molecule has 32 heavy (non-hydrogen) atoms. The van der Waals surface area contributed by atoms with Crippen molar-refractivity contribution in [3.05, 3.63) is 70.8 Å². The van der Waals surface area contributed by atoms with Crippen LogP contribution in [0.15, 0.2) is 64.1 Å². The second-order valence-corrected chi connectivity index (χ2v) is 8.53. The van der Waals surface area contributed by atoms with Crippen LogP contribution in [0, 0.1) is 11.8 Å². The van der Waals surface area contributed by atoms with Crippen LogP contribution in [-0.2, 0) is 16.0 Å². The maximum absolute atomic E-state index is 13.5. The third-order valence-corrected chi connectivity index (χ3v) is 6.81. The van der Waals surface area contributed by atoms with Crippen molar-refractivity contribution in [2.24, 2.45) is 17.6 Å². The molecule has 3 aliphatic carbocycles. The third-order valence-electron chi connectivity index (χ3n) is 6.81. The van der Waals surface area contributed by atoms with E-state index in [2.05, 4.69) is 6.58 Å². The first-order valence-corrected chi connectivity index (χ1v) is 10.2. The lowest BCUT2D eigenvalue weighted by Crippen LogP contribution is -2.57. The highest BCUT2D eigenvalue weighted by Crippen LogP contribution is 2.53. The summed E-state index contributed by atoms with van der Waals surface area (Å²) in [5, 5.41) is 43.6. The van der Waals surface area contributed by atoms with E-state index < -0.39 is 40.5 Å². The molecule has 8 nitrogen and oxygen atoms in total. The molecule has 1 fully saturated rings. The SMILES string of the molecule is C=C(N)C1=C(O)[C@@]2(O)C(=O)C3=C(O)c4c(O)ccc(-c5ccco5)c4C[C@H]3C[C@H]2CC1=O. The van der Waals surface area contributed by atoms with Crippen LogP contribution in [0.2, 0.25) is 0 Å². The number of aliphatic hydroxyl groups excluding tert-OH is 2. The smallest absolute Gasteiger partial charge is 0.202 e. The Kier molecular flexibility index (Phi) is 4.16. The second-order valence-electron chi connectivity index (χ2n) is 8.53. The van der Waals surface area contributed by atoms with Crippen molar-refractivity contribution in [3.8, 4) is 17.1 Å². The topological polar surface area (TPSA) is 154 Å². The number of nitrogens with two attached hydrogens (primary N) is 1. The highest BCUT2D eigenvalue weighted by atomic mass is 16.3. The Bertz CT molecular complexity index is 1270. The van der Waals surface area contributed by atoms with Crippen molar-refractivity contribution in [2.75, 3.05) is 0 Å². The minimum absolute atomic E-state index is 0.0827. The van der Waals surface area contributed by atoms with Crippen molar-refractivity contribution in [1.82, 2.24) is 0 Å². The molecule has 0 amide bonds. The molecule has 1 aromatic heterocycles. The van der Waals surface area contributed by atoms with Gasteiger partial charge >= 0.3 is 0 Å². The van der Waals surface area contributed by atoms with Crippen molar-refractivity contribution < 1.29 is 34.4 Å². The maximum atomic E-state index is 13.5. The number of furan rings is 1. The molecule has 0 aliphatic heterocycles. The summed E-state index contributed by atoms with van der Waals surface area (Å²) < 4.78 is 5.49. The van der Waals surface area contributed by atoms with Crippen molar-refractivity contribution in [1.29, 1.82) is 0 Å². The molecule has 1 aromatic carbocycles. The number of ketones is 2. The minimum Gasteiger partial charge on any atom is -0.508 e. The molecule has 0 radical (unpaired) electrons. The van der Waals surface area contributed by atoms with Crippen LogP contribution in [0.4, 0.5) is 0 Å². The Labute approximate surface area is 182 Å². The Balaban J connectivity index is 1.72. The summed E-state index contributed by atoms with van der Waals surface area (Å²) in [5.74, 6) is -3.82. The average molecular weight is 435 g/mol. The molecule has 6 N–H and O–H groups in total. The zero-order valence-corrected chi connectivity index (χ0v) is 17.0. The normalized spacial score (nSPS) is 27.2. The molecule has 0 bridgehead atoms. The number of phenolic OH excluding ortho intramolecular Hbond substituents is 1. The second kappa shape index (κ2) is 6.61. The van der Waals surface area contributed by atoms with E-state index in [1.807, 2.05) is 0 Å². The van der Waals surface area contributed by atoms with Gasteiger partial charge < -0.3 is 30.6 Å². The van der Waals surface area contributed by atoms with E-state index in [1.165, 1.54) is 12.3 Å². The number of Topliss-reactive ketones (excluding diaryl/α,β-unsaturated/α-hetero) is 2. The van der Waals surface area contributed by atoms with E-state index in [4.69, 9.17) is 10.2 Å². The number of allylic oxidation sites excluding steroid dienone is 1. The van der Waals surface area contributed by atoms with Crippen LogP contribution in [-0.4, -0.2) is 37.6 Å². The molecular formula is C24H21NO7. The molecule has 2 aromatic rings. The molecule has 8 heteroatoms. The number of carbonyl (C=O) groups is 2. The van der Waals surface area contributed by atoms with E-state index in [9.17, 15) is 30.0 Å². The number of aromatic hydroxyl groups is 1. The fourth-order valence-corrected chi connectivity index (χ4v) is 5.36. The number of rotatable bonds is 2. The van der Waals surface area contributed by atoms with Gasteiger partial charge in [0.15, 0.2) is 11.4 Å². The van der Waals surface area contributed by atoms with Crippen LogP contribution < -0.4 is 5.73 Å². The molecule has 164 valence electrons. The molecule has 1 heterocycles. The molecule has 1 saturated carbocycles. The summed E-state index contributed by atoms with van der Waals surface area (Å²) in [6.07, 6.45) is 1.75. The van der Waals surface area contributed by atoms with Crippen LogP contribution in [0.3, 0.4) is 0 Å². The summed E-state index contributed by atoms with van der Waals surface area (Å²) in [5.41, 5.74) is 3.85. The van der Waals surface area contributed by atoms with Crippen molar-refractivity contribution >= 4 is 17.3 Å². The highest BCUT2D eigenvalue weighted by molar-refractivity contribution is 6.14. The van der Waals surface area contributed by atoms with E-state index >= 15 is 0 Å². The highest BCUT2D eigenvalue weighted by Gasteiger charge is 2.60. The fraction of sp³-hybridized carbons (Fsp3) is 0.250. The fourth-order valence-electron chi connectivity index (χ4n) is 5.36. The Morgan fingerprint density at radius 2 is 1.91 bits per heavy atom. The average Bonchev–Trinajstić information content (AvgIpc) is 3.25. The summed E-state index contributed by atoms with van der Waals surface area (Å²) >= 11 is 0. The van der Waals surface area contributed by atoms with Gasteiger partial charge in [0.1, 0.15) is 23.0 Å². The van der Waals surface area contributed by atoms with Gasteiger partial charge in [0.25, 0.3) is 0 Å². The number of hydrogen-bond acceptors (Lipinski definition) is 8. The molecule has 0 saturated heterocycles. The maximum Gasteiger partial charge on any atom is 0.202 e. The monoisotopic (exact) mass is 435 g/mol. The van der Waals surface area contributed by atoms with Gasteiger partial charge in [-0.2, -0.15) is 0 Å². The Morgan fingerprint density at radius 1 is 1.16 bits per heavy atom. The number of fused-ring (bicyclic) bond motifs is 3.